The third-order valence-electron chi connectivity index (χ3n) is 4.73. The van der Waals surface area contributed by atoms with Crippen LogP contribution in [0.4, 0.5) is 17.3 Å². The lowest BCUT2D eigenvalue weighted by Gasteiger charge is -2.29. The fourth-order valence-electron chi connectivity index (χ4n) is 3.13. The molecule has 0 bridgehead atoms. The van der Waals surface area contributed by atoms with Crippen molar-refractivity contribution in [2.75, 3.05) is 31.0 Å². The summed E-state index contributed by atoms with van der Waals surface area (Å²) in [7, 11) is 1.57. The fourth-order valence-corrected chi connectivity index (χ4v) is 3.13. The van der Waals surface area contributed by atoms with Crippen LogP contribution in [-0.4, -0.2) is 53.5 Å². The Morgan fingerprint density at radius 3 is 2.76 bits per heavy atom. The van der Waals surface area contributed by atoms with E-state index in [-0.39, 0.29) is 23.7 Å². The molecule has 3 rings (SSSR count). The second-order valence-electron chi connectivity index (χ2n) is 7.21. The zero-order valence-electron chi connectivity index (χ0n) is 16.8. The maximum absolute atomic E-state index is 11.8. The lowest BCUT2D eigenvalue weighted by atomic mass is 10.0. The van der Waals surface area contributed by atoms with Gasteiger partial charge in [-0.15, -0.1) is 10.2 Å². The number of ether oxygens (including phenoxy) is 2. The number of rotatable bonds is 7. The second-order valence-corrected chi connectivity index (χ2v) is 7.21. The second kappa shape index (κ2) is 9.01. The summed E-state index contributed by atoms with van der Waals surface area (Å²) in [5, 5.41) is 14.4. The van der Waals surface area contributed by atoms with Crippen LogP contribution < -0.4 is 26.8 Å². The van der Waals surface area contributed by atoms with Gasteiger partial charge in [0.2, 0.25) is 5.88 Å². The van der Waals surface area contributed by atoms with Crippen molar-refractivity contribution in [2.24, 2.45) is 11.5 Å². The first kappa shape index (κ1) is 20.7. The summed E-state index contributed by atoms with van der Waals surface area (Å²) in [6.07, 6.45) is 0.749. The molecule has 2 aromatic rings. The van der Waals surface area contributed by atoms with Crippen molar-refractivity contribution in [3.8, 4) is 5.88 Å². The molecule has 2 atom stereocenters. The average molecular weight is 401 g/mol. The first-order valence-electron chi connectivity index (χ1n) is 9.48. The van der Waals surface area contributed by atoms with Crippen molar-refractivity contribution in [1.82, 2.24) is 15.2 Å². The van der Waals surface area contributed by atoms with Crippen molar-refractivity contribution >= 4 is 23.2 Å². The van der Waals surface area contributed by atoms with E-state index in [0.717, 1.165) is 12.0 Å². The van der Waals surface area contributed by atoms with Crippen LogP contribution in [0.5, 0.6) is 5.88 Å². The average Bonchev–Trinajstić information content (AvgIpc) is 2.69. The Morgan fingerprint density at radius 2 is 2.10 bits per heavy atom. The topological polar surface area (TPSA) is 150 Å². The van der Waals surface area contributed by atoms with E-state index in [9.17, 15) is 4.79 Å². The highest BCUT2D eigenvalue weighted by Gasteiger charge is 2.23. The molecule has 1 amide bonds. The van der Waals surface area contributed by atoms with Crippen LogP contribution in [0.15, 0.2) is 18.2 Å². The van der Waals surface area contributed by atoms with Crippen LogP contribution in [0.2, 0.25) is 0 Å². The molecule has 6 N–H and O–H groups in total. The van der Waals surface area contributed by atoms with Gasteiger partial charge < -0.3 is 31.6 Å². The first-order chi connectivity index (χ1) is 13.9. The van der Waals surface area contributed by atoms with Gasteiger partial charge in [-0.05, 0) is 24.5 Å². The molecular weight excluding hydrogens is 374 g/mol. The molecule has 0 saturated carbocycles. The van der Waals surface area contributed by atoms with Crippen LogP contribution in [-0.2, 0) is 4.74 Å². The Labute approximate surface area is 169 Å². The molecule has 0 spiro atoms. The molecule has 0 aliphatic carbocycles. The molecule has 156 valence electrons. The van der Waals surface area contributed by atoms with Gasteiger partial charge in [0.15, 0.2) is 11.5 Å². The van der Waals surface area contributed by atoms with Gasteiger partial charge >= 0.3 is 0 Å². The number of methoxy groups -OCH3 is 1. The number of carbonyl (C=O) groups excluding carboxylic acids is 1. The van der Waals surface area contributed by atoms with Crippen molar-refractivity contribution in [3.63, 3.8) is 0 Å². The van der Waals surface area contributed by atoms with Crippen LogP contribution in [0.3, 0.4) is 0 Å². The Hall–Kier alpha value is -2.98. The molecule has 1 saturated heterocycles. The van der Waals surface area contributed by atoms with Crippen LogP contribution in [0.25, 0.3) is 0 Å². The molecule has 1 aliphatic heterocycles. The summed E-state index contributed by atoms with van der Waals surface area (Å²) in [6.45, 7) is 5.21. The molecule has 3 heterocycles. The molecule has 0 unspecified atom stereocenters. The van der Waals surface area contributed by atoms with Gasteiger partial charge in [0.1, 0.15) is 5.82 Å². The van der Waals surface area contributed by atoms with E-state index in [4.69, 9.17) is 20.9 Å². The summed E-state index contributed by atoms with van der Waals surface area (Å²) in [5.74, 6) is 1.05. The summed E-state index contributed by atoms with van der Waals surface area (Å²) in [6, 6.07) is 5.24. The minimum absolute atomic E-state index is 0.00567. The Balaban J connectivity index is 1.87. The number of aromatic nitrogens is 3. The Bertz CT molecular complexity index is 875. The van der Waals surface area contributed by atoms with E-state index in [0.29, 0.717) is 36.4 Å². The third kappa shape index (κ3) is 4.90. The van der Waals surface area contributed by atoms with Crippen LogP contribution in [0, 0.1) is 0 Å². The van der Waals surface area contributed by atoms with Crippen LogP contribution >= 0.6 is 0 Å². The molecule has 1 aliphatic rings. The van der Waals surface area contributed by atoms with E-state index in [1.54, 1.807) is 13.2 Å². The number of carbonyl (C=O) groups is 1. The van der Waals surface area contributed by atoms with Gasteiger partial charge in [0.05, 0.1) is 19.4 Å². The maximum atomic E-state index is 11.8. The number of hydrogen-bond acceptors (Lipinski definition) is 9. The van der Waals surface area contributed by atoms with Gasteiger partial charge in [0.25, 0.3) is 5.91 Å². The predicted molar refractivity (Wildman–Crippen MR) is 110 cm³/mol. The zero-order valence-corrected chi connectivity index (χ0v) is 16.8. The highest BCUT2D eigenvalue weighted by molar-refractivity contribution is 5.97. The number of nitrogens with one attached hydrogen (secondary N) is 2. The molecular formula is C19H27N7O3. The lowest BCUT2D eigenvalue weighted by Crippen LogP contribution is -2.47. The number of primary amides is 1. The monoisotopic (exact) mass is 401 g/mol. The smallest absolute Gasteiger partial charge is 0.271 e. The molecule has 2 aromatic heterocycles. The van der Waals surface area contributed by atoms with Gasteiger partial charge in [-0.1, -0.05) is 13.8 Å². The van der Waals surface area contributed by atoms with Crippen molar-refractivity contribution < 1.29 is 14.3 Å². The lowest BCUT2D eigenvalue weighted by molar-refractivity contribution is 0.0751. The molecule has 29 heavy (non-hydrogen) atoms. The van der Waals surface area contributed by atoms with Gasteiger partial charge in [-0.3, -0.25) is 4.79 Å². The minimum atomic E-state index is -0.694. The molecule has 10 nitrogen and oxygen atoms in total. The molecule has 0 aromatic carbocycles. The van der Waals surface area contributed by atoms with E-state index in [1.807, 2.05) is 12.1 Å². The fraction of sp³-hybridized carbons (Fsp3) is 0.474. The Morgan fingerprint density at radius 1 is 1.31 bits per heavy atom. The van der Waals surface area contributed by atoms with Gasteiger partial charge in [-0.2, -0.15) is 4.98 Å². The number of anilines is 3. The number of nitrogens with zero attached hydrogens (tertiary/aromatic N) is 3. The molecule has 1 fully saturated rings. The predicted octanol–water partition coefficient (Wildman–Crippen LogP) is 1.37. The standard InChI is InChI=1S/C19H27N7O3/c1-10(2)11-4-5-15(24-19(11)28-3)23-14-8-16(25-26-17(14)18(21)27)22-13-6-7-29-9-12(13)20/h4-5,8,10,12-13H,6-7,9,20H2,1-3H3,(H2,21,27)(H2,22,23,24,25)/t12-,13+/m0/s1. The number of nitrogens with two attached hydrogens (primary N) is 2. The number of hydrogen-bond donors (Lipinski definition) is 4. The zero-order chi connectivity index (χ0) is 21.0. The maximum Gasteiger partial charge on any atom is 0.271 e. The van der Waals surface area contributed by atoms with Gasteiger partial charge in [-0.25, -0.2) is 0 Å². The summed E-state index contributed by atoms with van der Waals surface area (Å²) < 4.78 is 10.7. The van der Waals surface area contributed by atoms with Crippen molar-refractivity contribution in [3.05, 3.63) is 29.5 Å². The summed E-state index contributed by atoms with van der Waals surface area (Å²) in [5.41, 5.74) is 12.9. The number of pyridine rings is 1. The Kier molecular flexibility index (Phi) is 6.45. The minimum Gasteiger partial charge on any atom is -0.481 e. The molecule has 0 radical (unpaired) electrons. The van der Waals surface area contributed by atoms with E-state index >= 15 is 0 Å². The molecule has 10 heteroatoms. The van der Waals surface area contributed by atoms with Crippen molar-refractivity contribution in [1.29, 1.82) is 0 Å². The summed E-state index contributed by atoms with van der Waals surface area (Å²) >= 11 is 0. The SMILES string of the molecule is COc1nc(Nc2cc(N[C@@H]3CCOC[C@@H]3N)nnc2C(N)=O)ccc1C(C)C. The summed E-state index contributed by atoms with van der Waals surface area (Å²) in [4.78, 5) is 16.3. The van der Waals surface area contributed by atoms with Crippen molar-refractivity contribution in [2.45, 2.75) is 38.3 Å². The first-order valence-corrected chi connectivity index (χ1v) is 9.48. The van der Waals surface area contributed by atoms with E-state index in [1.165, 1.54) is 0 Å². The third-order valence-corrected chi connectivity index (χ3v) is 4.73. The largest absolute Gasteiger partial charge is 0.481 e. The van der Waals surface area contributed by atoms with E-state index in [2.05, 4.69) is 39.7 Å². The highest BCUT2D eigenvalue weighted by Crippen LogP contribution is 2.28. The highest BCUT2D eigenvalue weighted by atomic mass is 16.5. The number of amides is 1. The quantitative estimate of drug-likeness (QED) is 0.539. The van der Waals surface area contributed by atoms with Gasteiger partial charge in [0, 0.05) is 30.3 Å². The van der Waals surface area contributed by atoms with E-state index < -0.39 is 5.91 Å². The normalized spacial score (nSPS) is 19.1. The van der Waals surface area contributed by atoms with Crippen LogP contribution in [0.1, 0.15) is 42.2 Å².